The molecule has 2 aliphatic rings. The molecule has 3 heterocycles. The van der Waals surface area contributed by atoms with Crippen molar-refractivity contribution in [2.24, 2.45) is 4.99 Å². The first kappa shape index (κ1) is 15.3. The summed E-state index contributed by atoms with van der Waals surface area (Å²) in [5.41, 5.74) is 1.03. The molecular weight excluding hydrogens is 320 g/mol. The zero-order valence-electron chi connectivity index (χ0n) is 13.3. The van der Waals surface area contributed by atoms with E-state index in [1.165, 1.54) is 31.0 Å². The fourth-order valence-electron chi connectivity index (χ4n) is 2.94. The van der Waals surface area contributed by atoms with Crippen molar-refractivity contribution in [3.8, 4) is 11.3 Å². The Bertz CT molecular complexity index is 802. The van der Waals surface area contributed by atoms with E-state index in [1.54, 1.807) is 6.08 Å². The standard InChI is InChI=1S/C19H18N2O2S/c22-18-17(24-19(20-18)21-11-5-2-6-12-21)13-15-9-10-16(23-15)14-7-3-1-4-8-14/h1,3-4,7-10,13H,2,5-6,11-12H2/b17-13-. The van der Waals surface area contributed by atoms with Gasteiger partial charge in [-0.15, -0.1) is 0 Å². The highest BCUT2D eigenvalue weighted by Gasteiger charge is 2.27. The first-order chi connectivity index (χ1) is 11.8. The number of carbonyl (C=O) groups is 1. The van der Waals surface area contributed by atoms with Crippen LogP contribution in [0.15, 0.2) is 56.8 Å². The fourth-order valence-corrected chi connectivity index (χ4v) is 3.88. The number of hydrogen-bond acceptors (Lipinski definition) is 4. The maximum atomic E-state index is 12.2. The lowest BCUT2D eigenvalue weighted by Gasteiger charge is -2.27. The van der Waals surface area contributed by atoms with Gasteiger partial charge in [0.1, 0.15) is 11.5 Å². The molecule has 2 aliphatic heterocycles. The Morgan fingerprint density at radius 1 is 1.04 bits per heavy atom. The van der Waals surface area contributed by atoms with Crippen LogP contribution in [0.1, 0.15) is 25.0 Å². The summed E-state index contributed by atoms with van der Waals surface area (Å²) < 4.78 is 5.85. The monoisotopic (exact) mass is 338 g/mol. The second-order valence-corrected chi connectivity index (χ2v) is 6.94. The topological polar surface area (TPSA) is 45.8 Å². The molecule has 1 fully saturated rings. The van der Waals surface area contributed by atoms with Gasteiger partial charge in [0, 0.05) is 24.7 Å². The molecule has 1 amide bonds. The maximum Gasteiger partial charge on any atom is 0.286 e. The fraction of sp³-hybridized carbons (Fsp3) is 0.263. The van der Waals surface area contributed by atoms with Gasteiger partial charge in [-0.05, 0) is 43.2 Å². The van der Waals surface area contributed by atoms with Crippen LogP contribution in [0, 0.1) is 0 Å². The number of amides is 1. The molecule has 122 valence electrons. The molecule has 0 unspecified atom stereocenters. The van der Waals surface area contributed by atoms with Crippen LogP contribution in [0.5, 0.6) is 0 Å². The van der Waals surface area contributed by atoms with Gasteiger partial charge in [0.05, 0.1) is 4.91 Å². The Morgan fingerprint density at radius 2 is 1.83 bits per heavy atom. The largest absolute Gasteiger partial charge is 0.457 e. The quantitative estimate of drug-likeness (QED) is 0.761. The summed E-state index contributed by atoms with van der Waals surface area (Å²) in [7, 11) is 0. The third kappa shape index (κ3) is 3.17. The van der Waals surface area contributed by atoms with Crippen LogP contribution in [0.25, 0.3) is 17.4 Å². The molecule has 5 heteroatoms. The molecule has 0 bridgehead atoms. The maximum absolute atomic E-state index is 12.2. The van der Waals surface area contributed by atoms with Crippen LogP contribution in [0.2, 0.25) is 0 Å². The second-order valence-electron chi connectivity index (χ2n) is 5.93. The van der Waals surface area contributed by atoms with Crippen LogP contribution in [-0.2, 0) is 4.79 Å². The Hall–Kier alpha value is -2.27. The van der Waals surface area contributed by atoms with Crippen molar-refractivity contribution in [3.63, 3.8) is 0 Å². The Balaban J connectivity index is 1.50. The molecule has 0 atom stereocenters. The minimum absolute atomic E-state index is 0.168. The molecule has 0 spiro atoms. The van der Waals surface area contributed by atoms with E-state index in [9.17, 15) is 4.79 Å². The number of amidine groups is 1. The molecule has 1 saturated heterocycles. The van der Waals surface area contributed by atoms with Gasteiger partial charge in [0.25, 0.3) is 5.91 Å². The number of rotatable bonds is 2. The van der Waals surface area contributed by atoms with E-state index in [-0.39, 0.29) is 5.91 Å². The molecule has 0 saturated carbocycles. The molecule has 1 aromatic heterocycles. The molecule has 1 aromatic carbocycles. The lowest BCUT2D eigenvalue weighted by molar-refractivity contribution is -0.113. The number of piperidine rings is 1. The number of likely N-dealkylation sites (tertiary alicyclic amines) is 1. The number of hydrogen-bond donors (Lipinski definition) is 0. The van der Waals surface area contributed by atoms with Gasteiger partial charge in [0.15, 0.2) is 5.17 Å². The van der Waals surface area contributed by atoms with Gasteiger partial charge in [-0.2, -0.15) is 4.99 Å². The van der Waals surface area contributed by atoms with Crippen LogP contribution in [-0.4, -0.2) is 29.1 Å². The van der Waals surface area contributed by atoms with Gasteiger partial charge in [-0.3, -0.25) is 4.79 Å². The van der Waals surface area contributed by atoms with E-state index in [2.05, 4.69) is 9.89 Å². The lowest BCUT2D eigenvalue weighted by Crippen LogP contribution is -2.33. The van der Waals surface area contributed by atoms with E-state index in [0.29, 0.717) is 10.7 Å². The number of benzene rings is 1. The van der Waals surface area contributed by atoms with Crippen molar-refractivity contribution >= 4 is 28.9 Å². The van der Waals surface area contributed by atoms with E-state index >= 15 is 0 Å². The molecule has 0 radical (unpaired) electrons. The molecule has 2 aromatic rings. The number of nitrogens with zero attached hydrogens (tertiary/aromatic N) is 2. The summed E-state index contributed by atoms with van der Waals surface area (Å²) in [5.74, 6) is 1.31. The number of aliphatic imine (C=N–C) groups is 1. The molecule has 0 aliphatic carbocycles. The number of furan rings is 1. The number of carbonyl (C=O) groups excluding carboxylic acids is 1. The predicted molar refractivity (Wildman–Crippen MR) is 97.6 cm³/mol. The van der Waals surface area contributed by atoms with Crippen molar-refractivity contribution < 1.29 is 9.21 Å². The Labute approximate surface area is 145 Å². The zero-order valence-corrected chi connectivity index (χ0v) is 14.1. The SMILES string of the molecule is O=C1N=C(N2CCCCC2)S/C1=C\c1ccc(-c2ccccc2)o1. The predicted octanol–water partition coefficient (Wildman–Crippen LogP) is 4.40. The summed E-state index contributed by atoms with van der Waals surface area (Å²) in [5, 5.41) is 0.834. The summed E-state index contributed by atoms with van der Waals surface area (Å²) in [4.78, 5) is 19.2. The van der Waals surface area contributed by atoms with Crippen LogP contribution in [0.4, 0.5) is 0 Å². The highest BCUT2D eigenvalue weighted by molar-refractivity contribution is 8.18. The average molecular weight is 338 g/mol. The molecule has 4 nitrogen and oxygen atoms in total. The Kier molecular flexibility index (Phi) is 4.26. The van der Waals surface area contributed by atoms with Crippen molar-refractivity contribution in [1.82, 2.24) is 4.90 Å². The highest BCUT2D eigenvalue weighted by atomic mass is 32.2. The third-order valence-corrected chi connectivity index (χ3v) is 5.24. The van der Waals surface area contributed by atoms with E-state index in [0.717, 1.165) is 29.6 Å². The summed E-state index contributed by atoms with van der Waals surface area (Å²) in [6, 6.07) is 13.8. The van der Waals surface area contributed by atoms with Gasteiger partial charge in [-0.1, -0.05) is 30.3 Å². The molecule has 24 heavy (non-hydrogen) atoms. The van der Waals surface area contributed by atoms with E-state index in [4.69, 9.17) is 4.42 Å². The minimum Gasteiger partial charge on any atom is -0.457 e. The minimum atomic E-state index is -0.168. The first-order valence-corrected chi connectivity index (χ1v) is 9.04. The van der Waals surface area contributed by atoms with Crippen molar-refractivity contribution in [3.05, 3.63) is 53.1 Å². The first-order valence-electron chi connectivity index (χ1n) is 8.22. The van der Waals surface area contributed by atoms with Gasteiger partial charge in [0.2, 0.25) is 0 Å². The smallest absolute Gasteiger partial charge is 0.286 e. The summed E-state index contributed by atoms with van der Waals surface area (Å²) in [6.07, 6.45) is 5.40. The lowest BCUT2D eigenvalue weighted by atomic mass is 10.1. The average Bonchev–Trinajstić information content (AvgIpc) is 3.24. The molecular formula is C19H18N2O2S. The van der Waals surface area contributed by atoms with Crippen molar-refractivity contribution in [2.45, 2.75) is 19.3 Å². The van der Waals surface area contributed by atoms with E-state index < -0.39 is 0 Å². The van der Waals surface area contributed by atoms with Gasteiger partial charge < -0.3 is 9.32 Å². The number of thioether (sulfide) groups is 1. The van der Waals surface area contributed by atoms with Crippen molar-refractivity contribution in [2.75, 3.05) is 13.1 Å². The van der Waals surface area contributed by atoms with E-state index in [1.807, 2.05) is 42.5 Å². The molecule has 4 rings (SSSR count). The van der Waals surface area contributed by atoms with Crippen molar-refractivity contribution in [1.29, 1.82) is 0 Å². The third-order valence-electron chi connectivity index (χ3n) is 4.19. The second kappa shape index (κ2) is 6.69. The highest BCUT2D eigenvalue weighted by Crippen LogP contribution is 2.32. The normalized spacial score (nSPS) is 19.8. The van der Waals surface area contributed by atoms with Crippen LogP contribution < -0.4 is 0 Å². The summed E-state index contributed by atoms with van der Waals surface area (Å²) >= 11 is 1.45. The molecule has 0 N–H and O–H groups in total. The zero-order chi connectivity index (χ0) is 16.4. The van der Waals surface area contributed by atoms with Gasteiger partial charge in [-0.25, -0.2) is 0 Å². The Morgan fingerprint density at radius 3 is 2.62 bits per heavy atom. The van der Waals surface area contributed by atoms with Crippen LogP contribution in [0.3, 0.4) is 0 Å². The van der Waals surface area contributed by atoms with Crippen LogP contribution >= 0.6 is 11.8 Å². The summed E-state index contributed by atoms with van der Waals surface area (Å²) in [6.45, 7) is 1.98. The van der Waals surface area contributed by atoms with Gasteiger partial charge >= 0.3 is 0 Å².